The van der Waals surface area contributed by atoms with Crippen LogP contribution in [-0.2, 0) is 4.74 Å². The Morgan fingerprint density at radius 1 is 1.46 bits per heavy atom. The quantitative estimate of drug-likeness (QED) is 0.687. The molecule has 0 radical (unpaired) electrons. The van der Waals surface area contributed by atoms with E-state index in [0.717, 1.165) is 25.8 Å². The predicted octanol–water partition coefficient (Wildman–Crippen LogP) is 0.459. The lowest BCUT2D eigenvalue weighted by Crippen LogP contribution is -2.50. The van der Waals surface area contributed by atoms with Crippen LogP contribution in [0.25, 0.3) is 0 Å². The highest BCUT2D eigenvalue weighted by Gasteiger charge is 2.25. The second-order valence-electron chi connectivity index (χ2n) is 4.07. The highest BCUT2D eigenvalue weighted by molar-refractivity contribution is 4.83. The van der Waals surface area contributed by atoms with Gasteiger partial charge in [-0.25, -0.2) is 0 Å². The summed E-state index contributed by atoms with van der Waals surface area (Å²) in [6.45, 7) is 7.74. The number of rotatable bonds is 4. The van der Waals surface area contributed by atoms with Crippen molar-refractivity contribution in [2.24, 2.45) is 0 Å². The maximum atomic E-state index is 5.13. The topological polar surface area (TPSA) is 24.5 Å². The van der Waals surface area contributed by atoms with Crippen molar-refractivity contribution in [1.29, 1.82) is 0 Å². The standard InChI is InChI=1S/C10H20N2O/c1-2-12-5-3-4-10(12)6-11-9-7-13-8-9/h9-11H,2-8H2,1H3. The fourth-order valence-electron chi connectivity index (χ4n) is 2.20. The normalized spacial score (nSPS) is 30.7. The van der Waals surface area contributed by atoms with Crippen LogP contribution in [0.4, 0.5) is 0 Å². The molecule has 13 heavy (non-hydrogen) atoms. The molecule has 3 heteroatoms. The molecule has 2 rings (SSSR count). The van der Waals surface area contributed by atoms with Crippen LogP contribution in [0.3, 0.4) is 0 Å². The molecule has 0 saturated carbocycles. The van der Waals surface area contributed by atoms with Gasteiger partial charge in [-0.05, 0) is 25.9 Å². The van der Waals surface area contributed by atoms with Crippen molar-refractivity contribution in [3.63, 3.8) is 0 Å². The van der Waals surface area contributed by atoms with Gasteiger partial charge < -0.3 is 10.1 Å². The Balaban J connectivity index is 1.67. The molecule has 3 nitrogen and oxygen atoms in total. The second-order valence-corrected chi connectivity index (χ2v) is 4.07. The molecule has 76 valence electrons. The van der Waals surface area contributed by atoms with Gasteiger partial charge in [0, 0.05) is 12.6 Å². The Kier molecular flexibility index (Phi) is 3.19. The summed E-state index contributed by atoms with van der Waals surface area (Å²) in [6, 6.07) is 1.42. The van der Waals surface area contributed by atoms with Gasteiger partial charge in [-0.1, -0.05) is 6.92 Å². The Hall–Kier alpha value is -0.120. The number of likely N-dealkylation sites (N-methyl/N-ethyl adjacent to an activating group) is 1. The van der Waals surface area contributed by atoms with Gasteiger partial charge in [0.25, 0.3) is 0 Å². The molecule has 0 aromatic carbocycles. The van der Waals surface area contributed by atoms with E-state index in [-0.39, 0.29) is 0 Å². The van der Waals surface area contributed by atoms with E-state index in [2.05, 4.69) is 17.1 Å². The minimum atomic E-state index is 0.638. The van der Waals surface area contributed by atoms with E-state index in [4.69, 9.17) is 4.74 Å². The molecule has 2 fully saturated rings. The van der Waals surface area contributed by atoms with Crippen molar-refractivity contribution in [2.45, 2.75) is 31.8 Å². The summed E-state index contributed by atoms with van der Waals surface area (Å²) >= 11 is 0. The Bertz CT molecular complexity index is 159. The summed E-state index contributed by atoms with van der Waals surface area (Å²) in [5, 5.41) is 3.56. The second kappa shape index (κ2) is 4.40. The fourth-order valence-corrected chi connectivity index (χ4v) is 2.20. The van der Waals surface area contributed by atoms with Crippen LogP contribution in [0.2, 0.25) is 0 Å². The third-order valence-electron chi connectivity index (χ3n) is 3.19. The van der Waals surface area contributed by atoms with Crippen LogP contribution in [0.5, 0.6) is 0 Å². The molecule has 1 N–H and O–H groups in total. The van der Waals surface area contributed by atoms with E-state index in [9.17, 15) is 0 Å². The lowest BCUT2D eigenvalue weighted by molar-refractivity contribution is -0.00706. The molecule has 2 saturated heterocycles. The van der Waals surface area contributed by atoms with Crippen molar-refractivity contribution >= 4 is 0 Å². The lowest BCUT2D eigenvalue weighted by Gasteiger charge is -2.30. The average Bonchev–Trinajstić information content (AvgIpc) is 2.49. The van der Waals surface area contributed by atoms with Gasteiger partial charge in [-0.3, -0.25) is 4.90 Å². The van der Waals surface area contributed by atoms with Crippen molar-refractivity contribution in [1.82, 2.24) is 10.2 Å². The van der Waals surface area contributed by atoms with Crippen molar-refractivity contribution in [3.05, 3.63) is 0 Å². The van der Waals surface area contributed by atoms with Crippen molar-refractivity contribution in [2.75, 3.05) is 32.8 Å². The Morgan fingerprint density at radius 2 is 2.31 bits per heavy atom. The first-order chi connectivity index (χ1) is 6.40. The number of likely N-dealkylation sites (tertiary alicyclic amines) is 1. The zero-order valence-corrected chi connectivity index (χ0v) is 8.46. The summed E-state index contributed by atoms with van der Waals surface area (Å²) in [7, 11) is 0. The monoisotopic (exact) mass is 184 g/mol. The molecule has 0 bridgehead atoms. The molecule has 0 amide bonds. The molecule has 1 atom stereocenters. The summed E-state index contributed by atoms with van der Waals surface area (Å²) in [4.78, 5) is 2.58. The van der Waals surface area contributed by atoms with E-state index in [1.807, 2.05) is 0 Å². The van der Waals surface area contributed by atoms with Crippen LogP contribution < -0.4 is 5.32 Å². The highest BCUT2D eigenvalue weighted by Crippen LogP contribution is 2.16. The first-order valence-corrected chi connectivity index (χ1v) is 5.45. The maximum Gasteiger partial charge on any atom is 0.0643 e. The third-order valence-corrected chi connectivity index (χ3v) is 3.19. The third kappa shape index (κ3) is 2.22. The van der Waals surface area contributed by atoms with Crippen LogP contribution in [0.15, 0.2) is 0 Å². The Labute approximate surface area is 80.4 Å². The number of nitrogens with zero attached hydrogens (tertiary/aromatic N) is 1. The first kappa shape index (κ1) is 9.44. The summed E-state index contributed by atoms with van der Waals surface area (Å²) in [5.74, 6) is 0. The van der Waals surface area contributed by atoms with Gasteiger partial charge in [0.05, 0.1) is 19.3 Å². The minimum absolute atomic E-state index is 0.638. The van der Waals surface area contributed by atoms with Gasteiger partial charge in [0.2, 0.25) is 0 Å². The minimum Gasteiger partial charge on any atom is -0.378 e. The van der Waals surface area contributed by atoms with E-state index in [1.165, 1.54) is 25.9 Å². The van der Waals surface area contributed by atoms with Gasteiger partial charge in [0.1, 0.15) is 0 Å². The van der Waals surface area contributed by atoms with Crippen molar-refractivity contribution < 1.29 is 4.74 Å². The molecule has 0 aromatic rings. The van der Waals surface area contributed by atoms with Crippen LogP contribution in [-0.4, -0.2) is 49.8 Å². The van der Waals surface area contributed by atoms with Gasteiger partial charge in [0.15, 0.2) is 0 Å². The lowest BCUT2D eigenvalue weighted by atomic mass is 10.2. The van der Waals surface area contributed by atoms with E-state index >= 15 is 0 Å². The zero-order valence-electron chi connectivity index (χ0n) is 8.46. The van der Waals surface area contributed by atoms with Crippen LogP contribution in [0.1, 0.15) is 19.8 Å². The molecule has 0 aliphatic carbocycles. The number of hydrogen-bond donors (Lipinski definition) is 1. The van der Waals surface area contributed by atoms with E-state index in [1.54, 1.807) is 0 Å². The maximum absolute atomic E-state index is 5.13. The molecule has 0 spiro atoms. The molecular weight excluding hydrogens is 164 g/mol. The largest absolute Gasteiger partial charge is 0.378 e. The molecule has 2 aliphatic heterocycles. The molecule has 0 aromatic heterocycles. The highest BCUT2D eigenvalue weighted by atomic mass is 16.5. The van der Waals surface area contributed by atoms with E-state index in [0.29, 0.717) is 6.04 Å². The summed E-state index contributed by atoms with van der Waals surface area (Å²) < 4.78 is 5.13. The van der Waals surface area contributed by atoms with Gasteiger partial charge in [-0.2, -0.15) is 0 Å². The fraction of sp³-hybridized carbons (Fsp3) is 1.00. The first-order valence-electron chi connectivity index (χ1n) is 5.45. The van der Waals surface area contributed by atoms with Crippen molar-refractivity contribution in [3.8, 4) is 0 Å². The molecular formula is C10H20N2O. The SMILES string of the molecule is CCN1CCCC1CNC1COC1. The summed E-state index contributed by atoms with van der Waals surface area (Å²) in [5.41, 5.74) is 0. The average molecular weight is 184 g/mol. The number of nitrogens with one attached hydrogen (secondary N) is 1. The molecule has 2 heterocycles. The van der Waals surface area contributed by atoms with Crippen LogP contribution in [0, 0.1) is 0 Å². The van der Waals surface area contributed by atoms with E-state index < -0.39 is 0 Å². The number of hydrogen-bond acceptors (Lipinski definition) is 3. The molecule has 2 aliphatic rings. The Morgan fingerprint density at radius 3 is 2.92 bits per heavy atom. The van der Waals surface area contributed by atoms with Gasteiger partial charge >= 0.3 is 0 Å². The van der Waals surface area contributed by atoms with Gasteiger partial charge in [-0.15, -0.1) is 0 Å². The predicted molar refractivity (Wildman–Crippen MR) is 52.9 cm³/mol. The molecule has 1 unspecified atom stereocenters. The zero-order chi connectivity index (χ0) is 9.10. The summed E-state index contributed by atoms with van der Waals surface area (Å²) in [6.07, 6.45) is 2.75. The number of ether oxygens (including phenoxy) is 1. The smallest absolute Gasteiger partial charge is 0.0643 e. The van der Waals surface area contributed by atoms with Crippen LogP contribution >= 0.6 is 0 Å².